The average molecular weight is 491 g/mol. The third-order valence-corrected chi connectivity index (χ3v) is 3.51. The van der Waals surface area contributed by atoms with E-state index < -0.39 is 5.60 Å². The van der Waals surface area contributed by atoms with Crippen LogP contribution in [0.15, 0.2) is 29.4 Å². The predicted molar refractivity (Wildman–Crippen MR) is 121 cm³/mol. The van der Waals surface area contributed by atoms with Crippen molar-refractivity contribution in [3.63, 3.8) is 0 Å². The van der Waals surface area contributed by atoms with Gasteiger partial charge >= 0.3 is 6.09 Å². The van der Waals surface area contributed by atoms with E-state index in [0.29, 0.717) is 25.6 Å². The lowest BCUT2D eigenvalue weighted by molar-refractivity contribution is 0.0190. The normalized spacial score (nSPS) is 11.6. The molecule has 0 aliphatic rings. The van der Waals surface area contributed by atoms with Crippen molar-refractivity contribution < 1.29 is 9.53 Å². The molecule has 1 heterocycles. The number of amides is 1. The van der Waals surface area contributed by atoms with Crippen molar-refractivity contribution in [1.82, 2.24) is 20.5 Å². The minimum atomic E-state index is -0.486. The van der Waals surface area contributed by atoms with Crippen LogP contribution in [0.3, 0.4) is 0 Å². The number of hydrogen-bond donors (Lipinski definition) is 2. The van der Waals surface area contributed by atoms with Crippen LogP contribution in [0.25, 0.3) is 0 Å². The molecule has 7 nitrogen and oxygen atoms in total. The molecule has 0 saturated heterocycles. The molecular formula is C19H34IN5O2. The van der Waals surface area contributed by atoms with E-state index in [9.17, 15) is 4.79 Å². The second-order valence-corrected chi connectivity index (χ2v) is 7.29. The molecule has 0 aliphatic heterocycles. The van der Waals surface area contributed by atoms with E-state index in [2.05, 4.69) is 20.6 Å². The number of halogens is 1. The minimum absolute atomic E-state index is 0. The molecule has 27 heavy (non-hydrogen) atoms. The van der Waals surface area contributed by atoms with Gasteiger partial charge in [-0.15, -0.1) is 24.0 Å². The highest BCUT2D eigenvalue weighted by atomic mass is 127. The summed E-state index contributed by atoms with van der Waals surface area (Å²) in [4.78, 5) is 22.5. The fraction of sp³-hybridized carbons (Fsp3) is 0.632. The zero-order chi connectivity index (χ0) is 19.6. The average Bonchev–Trinajstić information content (AvgIpc) is 2.56. The monoisotopic (exact) mass is 491 g/mol. The van der Waals surface area contributed by atoms with Gasteiger partial charge in [-0.2, -0.15) is 0 Å². The van der Waals surface area contributed by atoms with Crippen LogP contribution in [0, 0.1) is 0 Å². The zero-order valence-electron chi connectivity index (χ0n) is 17.3. The molecule has 0 spiro atoms. The summed E-state index contributed by atoms with van der Waals surface area (Å²) in [5, 5.41) is 6.48. The zero-order valence-corrected chi connectivity index (χ0v) is 19.6. The van der Waals surface area contributed by atoms with E-state index >= 15 is 0 Å². The summed E-state index contributed by atoms with van der Waals surface area (Å²) in [6, 6.07) is 5.90. The highest BCUT2D eigenvalue weighted by Crippen LogP contribution is 2.12. The summed E-state index contributed by atoms with van der Waals surface area (Å²) in [5.74, 6) is 0.712. The number of nitrogens with one attached hydrogen (secondary N) is 2. The van der Waals surface area contributed by atoms with Gasteiger partial charge in [-0.05, 0) is 53.2 Å². The van der Waals surface area contributed by atoms with Crippen molar-refractivity contribution in [2.45, 2.75) is 59.2 Å². The van der Waals surface area contributed by atoms with E-state index in [-0.39, 0.29) is 36.1 Å². The molecule has 0 unspecified atom stereocenters. The Balaban J connectivity index is 0.00000676. The van der Waals surface area contributed by atoms with Crippen LogP contribution in [0.4, 0.5) is 4.79 Å². The molecule has 0 atom stereocenters. The van der Waals surface area contributed by atoms with Gasteiger partial charge < -0.3 is 20.3 Å². The minimum Gasteiger partial charge on any atom is -0.444 e. The molecule has 1 aromatic rings. The molecule has 154 valence electrons. The standard InChI is InChI=1S/C19H33N5O2.HI/c1-15(2)24(18(25)26-19(3,4)5)13-9-12-22-17(20-6)23-14-16-10-7-8-11-21-16;/h7-8,10-11,15H,9,12-14H2,1-6H3,(H2,20,22,23);1H. The molecule has 0 aromatic carbocycles. The Kier molecular flexibility index (Phi) is 12.0. The molecule has 0 fully saturated rings. The first kappa shape index (κ1) is 25.4. The maximum Gasteiger partial charge on any atom is 0.410 e. The van der Waals surface area contributed by atoms with Crippen molar-refractivity contribution in [2.75, 3.05) is 20.1 Å². The highest BCUT2D eigenvalue weighted by molar-refractivity contribution is 14.0. The van der Waals surface area contributed by atoms with Crippen LogP contribution >= 0.6 is 24.0 Å². The quantitative estimate of drug-likeness (QED) is 0.265. The van der Waals surface area contributed by atoms with Gasteiger partial charge in [0.1, 0.15) is 5.60 Å². The molecule has 2 N–H and O–H groups in total. The third kappa shape index (κ3) is 11.0. The number of aliphatic imine (C=N–C) groups is 1. The first-order valence-electron chi connectivity index (χ1n) is 9.07. The van der Waals surface area contributed by atoms with Gasteiger partial charge in [0.2, 0.25) is 0 Å². The topological polar surface area (TPSA) is 78.9 Å². The fourth-order valence-electron chi connectivity index (χ4n) is 2.23. The number of pyridine rings is 1. The van der Waals surface area contributed by atoms with Gasteiger partial charge in [0, 0.05) is 32.4 Å². The Morgan fingerprint density at radius 3 is 2.52 bits per heavy atom. The lowest BCUT2D eigenvalue weighted by Gasteiger charge is -2.30. The van der Waals surface area contributed by atoms with Gasteiger partial charge in [0.15, 0.2) is 5.96 Å². The lowest BCUT2D eigenvalue weighted by Crippen LogP contribution is -2.43. The second-order valence-electron chi connectivity index (χ2n) is 7.29. The molecule has 0 radical (unpaired) electrons. The number of nitrogens with zero attached hydrogens (tertiary/aromatic N) is 3. The molecule has 1 aromatic heterocycles. The van der Waals surface area contributed by atoms with E-state index in [1.165, 1.54) is 0 Å². The van der Waals surface area contributed by atoms with Crippen molar-refractivity contribution in [3.05, 3.63) is 30.1 Å². The van der Waals surface area contributed by atoms with Crippen molar-refractivity contribution >= 4 is 36.0 Å². The number of hydrogen-bond acceptors (Lipinski definition) is 4. The number of carbonyl (C=O) groups excluding carboxylic acids is 1. The summed E-state index contributed by atoms with van der Waals surface area (Å²) >= 11 is 0. The van der Waals surface area contributed by atoms with Gasteiger partial charge in [-0.25, -0.2) is 4.79 Å². The number of guanidine groups is 1. The first-order chi connectivity index (χ1) is 12.2. The number of carbonyl (C=O) groups is 1. The van der Waals surface area contributed by atoms with Crippen molar-refractivity contribution in [1.29, 1.82) is 0 Å². The fourth-order valence-corrected chi connectivity index (χ4v) is 2.23. The summed E-state index contributed by atoms with van der Waals surface area (Å²) < 4.78 is 5.47. The third-order valence-electron chi connectivity index (χ3n) is 3.51. The number of ether oxygens (including phenoxy) is 1. The Morgan fingerprint density at radius 1 is 1.30 bits per heavy atom. The lowest BCUT2D eigenvalue weighted by atomic mass is 10.2. The van der Waals surface area contributed by atoms with Gasteiger partial charge in [0.25, 0.3) is 0 Å². The molecule has 0 saturated carbocycles. The molecule has 0 bridgehead atoms. The maximum atomic E-state index is 12.3. The largest absolute Gasteiger partial charge is 0.444 e. The van der Waals surface area contributed by atoms with Crippen LogP contribution < -0.4 is 10.6 Å². The van der Waals surface area contributed by atoms with Gasteiger partial charge in [0.05, 0.1) is 12.2 Å². The Morgan fingerprint density at radius 2 is 2.00 bits per heavy atom. The van der Waals surface area contributed by atoms with Crippen LogP contribution in [-0.4, -0.2) is 53.7 Å². The summed E-state index contributed by atoms with van der Waals surface area (Å²) in [6.45, 7) is 11.5. The van der Waals surface area contributed by atoms with Gasteiger partial charge in [-0.3, -0.25) is 9.98 Å². The number of rotatable bonds is 7. The van der Waals surface area contributed by atoms with E-state index in [1.54, 1.807) is 18.1 Å². The van der Waals surface area contributed by atoms with Crippen LogP contribution in [0.2, 0.25) is 0 Å². The maximum absolute atomic E-state index is 12.3. The number of aromatic nitrogens is 1. The molecular weight excluding hydrogens is 457 g/mol. The van der Waals surface area contributed by atoms with E-state index in [1.807, 2.05) is 52.8 Å². The summed E-state index contributed by atoms with van der Waals surface area (Å²) in [5.41, 5.74) is 0.464. The SMILES string of the molecule is CN=C(NCCCN(C(=O)OC(C)(C)C)C(C)C)NCc1ccccn1.I. The molecule has 1 amide bonds. The van der Waals surface area contributed by atoms with Gasteiger partial charge in [-0.1, -0.05) is 6.07 Å². The Hall–Kier alpha value is -1.58. The Labute approximate surface area is 180 Å². The van der Waals surface area contributed by atoms with E-state index in [0.717, 1.165) is 12.1 Å². The molecule has 1 rings (SSSR count). The highest BCUT2D eigenvalue weighted by Gasteiger charge is 2.23. The second kappa shape index (κ2) is 12.7. The smallest absolute Gasteiger partial charge is 0.410 e. The van der Waals surface area contributed by atoms with Crippen molar-refractivity contribution in [2.24, 2.45) is 4.99 Å². The predicted octanol–water partition coefficient (Wildman–Crippen LogP) is 3.40. The van der Waals surface area contributed by atoms with Crippen LogP contribution in [0.5, 0.6) is 0 Å². The summed E-state index contributed by atoms with van der Waals surface area (Å²) in [7, 11) is 1.73. The first-order valence-corrected chi connectivity index (χ1v) is 9.07. The molecule has 0 aliphatic carbocycles. The van der Waals surface area contributed by atoms with Crippen molar-refractivity contribution in [3.8, 4) is 0 Å². The van der Waals surface area contributed by atoms with Crippen LogP contribution in [-0.2, 0) is 11.3 Å². The Bertz CT molecular complexity index is 573. The molecule has 8 heteroatoms. The van der Waals surface area contributed by atoms with Crippen LogP contribution in [0.1, 0.15) is 46.7 Å². The van der Waals surface area contributed by atoms with E-state index in [4.69, 9.17) is 4.74 Å². The summed E-state index contributed by atoms with van der Waals surface area (Å²) in [6.07, 6.45) is 2.29.